The molecule has 4 nitrogen and oxygen atoms in total. The Morgan fingerprint density at radius 1 is 1.47 bits per heavy atom. The number of pyridine rings is 1. The molecule has 88 valence electrons. The fourth-order valence-corrected chi connectivity index (χ4v) is 1.84. The van der Waals surface area contributed by atoms with Crippen LogP contribution in [-0.4, -0.2) is 24.1 Å². The molecule has 1 aromatic heterocycles. The van der Waals surface area contributed by atoms with Crippen LogP contribution in [0, 0.1) is 0 Å². The van der Waals surface area contributed by atoms with Crippen molar-refractivity contribution in [2.45, 2.75) is 12.5 Å². The van der Waals surface area contributed by atoms with Crippen molar-refractivity contribution in [3.8, 4) is 0 Å². The lowest BCUT2D eigenvalue weighted by atomic mass is 10.0. The van der Waals surface area contributed by atoms with Crippen LogP contribution in [0.15, 0.2) is 36.7 Å². The second-order valence-corrected chi connectivity index (χ2v) is 3.85. The van der Waals surface area contributed by atoms with Gasteiger partial charge in [0.2, 0.25) is 0 Å². The van der Waals surface area contributed by atoms with Crippen LogP contribution in [0.1, 0.15) is 5.56 Å². The first-order chi connectivity index (χ1) is 8.22. The summed E-state index contributed by atoms with van der Waals surface area (Å²) in [6.07, 6.45) is 3.99. The molecule has 4 heteroatoms. The Morgan fingerprint density at radius 2 is 2.29 bits per heavy atom. The van der Waals surface area contributed by atoms with Crippen LogP contribution in [0.5, 0.6) is 0 Å². The lowest BCUT2D eigenvalue weighted by Crippen LogP contribution is -2.33. The Morgan fingerprint density at radius 3 is 3.06 bits per heavy atom. The lowest BCUT2D eigenvalue weighted by Gasteiger charge is -2.11. The molecule has 0 saturated heterocycles. The third-order valence-electron chi connectivity index (χ3n) is 2.71. The van der Waals surface area contributed by atoms with E-state index in [0.29, 0.717) is 6.42 Å². The van der Waals surface area contributed by atoms with Gasteiger partial charge in [-0.1, -0.05) is 18.2 Å². The van der Waals surface area contributed by atoms with Gasteiger partial charge in [-0.25, -0.2) is 0 Å². The summed E-state index contributed by atoms with van der Waals surface area (Å²) in [6.45, 7) is 0. The minimum Gasteiger partial charge on any atom is -0.468 e. The van der Waals surface area contributed by atoms with Crippen molar-refractivity contribution in [2.24, 2.45) is 5.73 Å². The van der Waals surface area contributed by atoms with Crippen LogP contribution in [0.25, 0.3) is 10.8 Å². The Bertz CT molecular complexity index is 534. The first-order valence-corrected chi connectivity index (χ1v) is 5.37. The molecule has 0 aliphatic heterocycles. The standard InChI is InChI=1S/C13H14N2O2/c1-17-13(16)12(14)7-9-3-2-4-10-8-15-6-5-11(9)10/h2-6,8,12H,7,14H2,1H3. The number of aromatic nitrogens is 1. The number of ether oxygens (including phenoxy) is 1. The van der Waals surface area contributed by atoms with E-state index in [9.17, 15) is 4.79 Å². The van der Waals surface area contributed by atoms with Gasteiger partial charge in [-0.3, -0.25) is 9.78 Å². The topological polar surface area (TPSA) is 65.2 Å². The van der Waals surface area contributed by atoms with Gasteiger partial charge in [-0.05, 0) is 23.4 Å². The number of nitrogens with two attached hydrogens (primary N) is 1. The van der Waals surface area contributed by atoms with Crippen molar-refractivity contribution in [2.75, 3.05) is 7.11 Å². The molecule has 2 rings (SSSR count). The molecule has 1 heterocycles. The van der Waals surface area contributed by atoms with E-state index < -0.39 is 12.0 Å². The van der Waals surface area contributed by atoms with E-state index in [4.69, 9.17) is 5.73 Å². The molecule has 1 atom stereocenters. The van der Waals surface area contributed by atoms with Gasteiger partial charge in [0.05, 0.1) is 7.11 Å². The molecule has 0 saturated carbocycles. The summed E-state index contributed by atoms with van der Waals surface area (Å²) in [5.74, 6) is -0.393. The highest BCUT2D eigenvalue weighted by Gasteiger charge is 2.15. The number of carbonyl (C=O) groups excluding carboxylic acids is 1. The Kier molecular flexibility index (Phi) is 3.35. The molecule has 0 amide bonds. The third-order valence-corrected chi connectivity index (χ3v) is 2.71. The Hall–Kier alpha value is -1.94. The highest BCUT2D eigenvalue weighted by Crippen LogP contribution is 2.18. The molecule has 0 bridgehead atoms. The lowest BCUT2D eigenvalue weighted by molar-refractivity contribution is -0.142. The fourth-order valence-electron chi connectivity index (χ4n) is 1.84. The monoisotopic (exact) mass is 230 g/mol. The second kappa shape index (κ2) is 4.93. The molecule has 0 aliphatic rings. The normalized spacial score (nSPS) is 12.4. The number of carbonyl (C=O) groups is 1. The third kappa shape index (κ3) is 2.42. The molecule has 1 aromatic carbocycles. The van der Waals surface area contributed by atoms with Gasteiger partial charge in [0.15, 0.2) is 0 Å². The Balaban J connectivity index is 2.33. The maximum absolute atomic E-state index is 11.3. The van der Waals surface area contributed by atoms with E-state index in [1.54, 1.807) is 12.4 Å². The molecule has 2 N–H and O–H groups in total. The molecule has 0 fully saturated rings. The molecule has 1 unspecified atom stereocenters. The van der Waals surface area contributed by atoms with Gasteiger partial charge < -0.3 is 10.5 Å². The van der Waals surface area contributed by atoms with Crippen LogP contribution in [0.2, 0.25) is 0 Å². The van der Waals surface area contributed by atoms with E-state index in [1.807, 2.05) is 24.3 Å². The SMILES string of the molecule is COC(=O)C(N)Cc1cccc2cnccc12. The summed E-state index contributed by atoms with van der Waals surface area (Å²) >= 11 is 0. The summed E-state index contributed by atoms with van der Waals surface area (Å²) in [6, 6.07) is 7.18. The quantitative estimate of drug-likeness (QED) is 0.807. The van der Waals surface area contributed by atoms with Gasteiger partial charge in [0, 0.05) is 17.8 Å². The maximum Gasteiger partial charge on any atom is 0.322 e. The number of esters is 1. The minimum absolute atomic E-state index is 0.393. The fraction of sp³-hybridized carbons (Fsp3) is 0.231. The van der Waals surface area contributed by atoms with Gasteiger partial charge in [-0.2, -0.15) is 0 Å². The molecule has 0 radical (unpaired) electrons. The van der Waals surface area contributed by atoms with Gasteiger partial charge >= 0.3 is 5.97 Å². The van der Waals surface area contributed by atoms with E-state index in [2.05, 4.69) is 9.72 Å². The van der Waals surface area contributed by atoms with E-state index in [0.717, 1.165) is 16.3 Å². The highest BCUT2D eigenvalue weighted by atomic mass is 16.5. The van der Waals surface area contributed by atoms with E-state index >= 15 is 0 Å². The first-order valence-electron chi connectivity index (χ1n) is 5.37. The van der Waals surface area contributed by atoms with Crippen LogP contribution in [-0.2, 0) is 16.0 Å². The van der Waals surface area contributed by atoms with E-state index in [1.165, 1.54) is 7.11 Å². The van der Waals surface area contributed by atoms with Crippen molar-refractivity contribution in [3.05, 3.63) is 42.2 Å². The maximum atomic E-state index is 11.3. The minimum atomic E-state index is -0.626. The molecule has 0 spiro atoms. The van der Waals surface area contributed by atoms with Gasteiger partial charge in [-0.15, -0.1) is 0 Å². The molecule has 2 aromatic rings. The van der Waals surface area contributed by atoms with Crippen molar-refractivity contribution < 1.29 is 9.53 Å². The average Bonchev–Trinajstić information content (AvgIpc) is 2.38. The molecule has 0 aliphatic carbocycles. The Labute approximate surface area is 99.4 Å². The summed E-state index contributed by atoms with van der Waals surface area (Å²) in [7, 11) is 1.34. The first kappa shape index (κ1) is 11.5. The largest absolute Gasteiger partial charge is 0.468 e. The summed E-state index contributed by atoms with van der Waals surface area (Å²) in [5, 5.41) is 2.11. The van der Waals surface area contributed by atoms with Crippen LogP contribution < -0.4 is 5.73 Å². The number of nitrogens with zero attached hydrogens (tertiary/aromatic N) is 1. The van der Waals surface area contributed by atoms with E-state index in [-0.39, 0.29) is 0 Å². The predicted molar refractivity (Wildman–Crippen MR) is 65.4 cm³/mol. The van der Waals surface area contributed by atoms with Crippen LogP contribution in [0.4, 0.5) is 0 Å². The number of hydrogen-bond acceptors (Lipinski definition) is 4. The number of rotatable bonds is 3. The summed E-state index contributed by atoms with van der Waals surface area (Å²) in [5.41, 5.74) is 6.79. The predicted octanol–water partition coefficient (Wildman–Crippen LogP) is 1.28. The molecule has 17 heavy (non-hydrogen) atoms. The molecular weight excluding hydrogens is 216 g/mol. The molecular formula is C13H14N2O2. The van der Waals surface area contributed by atoms with Crippen molar-refractivity contribution >= 4 is 16.7 Å². The zero-order valence-corrected chi connectivity index (χ0v) is 9.59. The van der Waals surface area contributed by atoms with Crippen LogP contribution in [0.3, 0.4) is 0 Å². The zero-order chi connectivity index (χ0) is 12.3. The highest BCUT2D eigenvalue weighted by molar-refractivity contribution is 5.85. The second-order valence-electron chi connectivity index (χ2n) is 3.85. The smallest absolute Gasteiger partial charge is 0.322 e. The van der Waals surface area contributed by atoms with Crippen molar-refractivity contribution in [1.29, 1.82) is 0 Å². The number of hydrogen-bond donors (Lipinski definition) is 1. The van der Waals surface area contributed by atoms with Crippen LogP contribution >= 0.6 is 0 Å². The number of methoxy groups -OCH3 is 1. The van der Waals surface area contributed by atoms with Crippen molar-refractivity contribution in [3.63, 3.8) is 0 Å². The summed E-state index contributed by atoms with van der Waals surface area (Å²) < 4.78 is 4.62. The van der Waals surface area contributed by atoms with Gasteiger partial charge in [0.25, 0.3) is 0 Å². The van der Waals surface area contributed by atoms with Crippen molar-refractivity contribution in [1.82, 2.24) is 4.98 Å². The number of fused-ring (bicyclic) bond motifs is 1. The zero-order valence-electron chi connectivity index (χ0n) is 9.59. The average molecular weight is 230 g/mol. The summed E-state index contributed by atoms with van der Waals surface area (Å²) in [4.78, 5) is 15.4. The van der Waals surface area contributed by atoms with Gasteiger partial charge in [0.1, 0.15) is 6.04 Å². The number of benzene rings is 1.